The van der Waals surface area contributed by atoms with E-state index in [1.807, 2.05) is 30.3 Å². The van der Waals surface area contributed by atoms with Crippen molar-refractivity contribution >= 4 is 12.1 Å². The summed E-state index contributed by atoms with van der Waals surface area (Å²) < 4.78 is 5.72. The van der Waals surface area contributed by atoms with E-state index in [2.05, 4.69) is 5.32 Å². The van der Waals surface area contributed by atoms with Gasteiger partial charge in [-0.15, -0.1) is 0 Å². The van der Waals surface area contributed by atoms with Gasteiger partial charge in [-0.1, -0.05) is 30.3 Å². The number of carbonyl (C=O) groups is 2. The molecule has 1 atom stereocenters. The minimum atomic E-state index is -0.308. The van der Waals surface area contributed by atoms with E-state index in [0.29, 0.717) is 32.8 Å². The minimum absolute atomic E-state index is 0.125. The molecule has 0 aromatic heterocycles. The third-order valence-corrected chi connectivity index (χ3v) is 3.60. The summed E-state index contributed by atoms with van der Waals surface area (Å²) in [4.78, 5) is 26.8. The molecule has 0 bridgehead atoms. The van der Waals surface area contributed by atoms with Gasteiger partial charge in [-0.05, 0) is 5.56 Å². The van der Waals surface area contributed by atoms with Crippen molar-refractivity contribution < 1.29 is 14.3 Å². The summed E-state index contributed by atoms with van der Waals surface area (Å²) >= 11 is 0. The predicted octanol–water partition coefficient (Wildman–Crippen LogP) is 1.21. The lowest BCUT2D eigenvalue weighted by Crippen LogP contribution is -2.49. The molecule has 0 aliphatic carbocycles. The Kier molecular flexibility index (Phi) is 3.56. The topological polar surface area (TPSA) is 61.9 Å². The number of amides is 4. The quantitative estimate of drug-likeness (QED) is 0.838. The molecule has 1 N–H and O–H groups in total. The monoisotopic (exact) mass is 275 g/mol. The summed E-state index contributed by atoms with van der Waals surface area (Å²) in [6.07, 6.45) is -0.125. The zero-order valence-electron chi connectivity index (χ0n) is 11.1. The number of imide groups is 1. The number of carbonyl (C=O) groups excluding carboxylic acids is 2. The number of morpholine rings is 1. The molecule has 0 saturated carbocycles. The van der Waals surface area contributed by atoms with Gasteiger partial charge in [0.1, 0.15) is 6.10 Å². The number of ether oxygens (including phenoxy) is 1. The summed E-state index contributed by atoms with van der Waals surface area (Å²) in [6, 6.07) is 9.29. The second-order valence-corrected chi connectivity index (χ2v) is 4.88. The molecular weight excluding hydrogens is 258 g/mol. The highest BCUT2D eigenvalue weighted by molar-refractivity contribution is 5.95. The van der Waals surface area contributed by atoms with Crippen molar-refractivity contribution in [2.45, 2.75) is 6.10 Å². The van der Waals surface area contributed by atoms with Crippen LogP contribution in [0.4, 0.5) is 9.59 Å². The Morgan fingerprint density at radius 1 is 1.25 bits per heavy atom. The van der Waals surface area contributed by atoms with Crippen LogP contribution in [-0.2, 0) is 4.74 Å². The Morgan fingerprint density at radius 2 is 2.05 bits per heavy atom. The van der Waals surface area contributed by atoms with Crippen molar-refractivity contribution in [2.75, 3.05) is 32.8 Å². The molecule has 4 amide bonds. The first-order valence-electron chi connectivity index (χ1n) is 6.76. The standard InChI is InChI=1S/C14H17N3O3/c18-13-15-6-7-17(13)14(19)16-8-9-20-12(10-16)11-4-2-1-3-5-11/h1-5,12H,6-10H2,(H,15,18)/t12-/m0/s1. The van der Waals surface area contributed by atoms with Crippen LogP contribution in [0.5, 0.6) is 0 Å². The maximum Gasteiger partial charge on any atom is 0.328 e. The molecule has 20 heavy (non-hydrogen) atoms. The molecule has 2 heterocycles. The van der Waals surface area contributed by atoms with Gasteiger partial charge in [0.2, 0.25) is 0 Å². The molecule has 2 aliphatic heterocycles. The SMILES string of the molecule is O=C1NCCN1C(=O)N1CCO[C@H](c2ccccc2)C1. The van der Waals surface area contributed by atoms with E-state index in [0.717, 1.165) is 5.56 Å². The van der Waals surface area contributed by atoms with Gasteiger partial charge >= 0.3 is 12.1 Å². The smallest absolute Gasteiger partial charge is 0.328 e. The van der Waals surface area contributed by atoms with Crippen molar-refractivity contribution in [3.8, 4) is 0 Å². The van der Waals surface area contributed by atoms with Gasteiger partial charge in [0.05, 0.1) is 13.2 Å². The maximum absolute atomic E-state index is 12.3. The minimum Gasteiger partial charge on any atom is -0.370 e. The molecular formula is C14H17N3O3. The van der Waals surface area contributed by atoms with E-state index in [4.69, 9.17) is 4.74 Å². The molecule has 3 rings (SSSR count). The molecule has 0 unspecified atom stereocenters. The summed E-state index contributed by atoms with van der Waals surface area (Å²) in [5, 5.41) is 2.64. The Hall–Kier alpha value is -2.08. The van der Waals surface area contributed by atoms with E-state index in [1.54, 1.807) is 4.90 Å². The fraction of sp³-hybridized carbons (Fsp3) is 0.429. The van der Waals surface area contributed by atoms with Gasteiger partial charge in [-0.25, -0.2) is 14.5 Å². The Morgan fingerprint density at radius 3 is 2.75 bits per heavy atom. The molecule has 1 aromatic carbocycles. The summed E-state index contributed by atoms with van der Waals surface area (Å²) in [6.45, 7) is 2.45. The Labute approximate surface area is 117 Å². The molecule has 2 fully saturated rings. The summed E-state index contributed by atoms with van der Waals surface area (Å²) in [7, 11) is 0. The van der Waals surface area contributed by atoms with Gasteiger partial charge in [0, 0.05) is 19.6 Å². The van der Waals surface area contributed by atoms with Crippen LogP contribution in [-0.4, -0.2) is 54.6 Å². The molecule has 2 aliphatic rings. The van der Waals surface area contributed by atoms with Gasteiger partial charge < -0.3 is 15.0 Å². The normalized spacial score (nSPS) is 22.8. The van der Waals surface area contributed by atoms with Crippen molar-refractivity contribution in [1.82, 2.24) is 15.1 Å². The summed E-state index contributed by atoms with van der Waals surface area (Å²) in [5.41, 5.74) is 1.05. The fourth-order valence-corrected chi connectivity index (χ4v) is 2.52. The van der Waals surface area contributed by atoms with Crippen LogP contribution in [0.1, 0.15) is 11.7 Å². The average Bonchev–Trinajstić information content (AvgIpc) is 2.94. The lowest BCUT2D eigenvalue weighted by atomic mass is 10.1. The molecule has 0 radical (unpaired) electrons. The largest absolute Gasteiger partial charge is 0.370 e. The van der Waals surface area contributed by atoms with Gasteiger partial charge in [0.15, 0.2) is 0 Å². The predicted molar refractivity (Wildman–Crippen MR) is 72.2 cm³/mol. The van der Waals surface area contributed by atoms with Crippen LogP contribution in [0, 0.1) is 0 Å². The average molecular weight is 275 g/mol. The highest BCUT2D eigenvalue weighted by atomic mass is 16.5. The highest BCUT2D eigenvalue weighted by Gasteiger charge is 2.33. The number of hydrogen-bond donors (Lipinski definition) is 1. The molecule has 6 nitrogen and oxygen atoms in total. The van der Waals surface area contributed by atoms with Crippen molar-refractivity contribution in [3.63, 3.8) is 0 Å². The number of rotatable bonds is 1. The number of benzene rings is 1. The molecule has 1 aromatic rings. The van der Waals surface area contributed by atoms with Gasteiger partial charge in [-0.3, -0.25) is 0 Å². The molecule has 6 heteroatoms. The molecule has 2 saturated heterocycles. The fourth-order valence-electron chi connectivity index (χ4n) is 2.52. The van der Waals surface area contributed by atoms with E-state index in [1.165, 1.54) is 4.90 Å². The lowest BCUT2D eigenvalue weighted by molar-refractivity contribution is -0.0185. The van der Waals surface area contributed by atoms with Crippen molar-refractivity contribution in [2.24, 2.45) is 0 Å². The van der Waals surface area contributed by atoms with E-state index < -0.39 is 0 Å². The maximum atomic E-state index is 12.3. The van der Waals surface area contributed by atoms with Crippen LogP contribution in [0.3, 0.4) is 0 Å². The van der Waals surface area contributed by atoms with E-state index in [9.17, 15) is 9.59 Å². The van der Waals surface area contributed by atoms with Crippen molar-refractivity contribution in [3.05, 3.63) is 35.9 Å². The first kappa shape index (κ1) is 12.9. The van der Waals surface area contributed by atoms with Gasteiger partial charge in [-0.2, -0.15) is 0 Å². The second kappa shape index (κ2) is 5.50. The third-order valence-electron chi connectivity index (χ3n) is 3.60. The van der Waals surface area contributed by atoms with Crippen LogP contribution < -0.4 is 5.32 Å². The first-order chi connectivity index (χ1) is 9.75. The highest BCUT2D eigenvalue weighted by Crippen LogP contribution is 2.22. The van der Waals surface area contributed by atoms with Gasteiger partial charge in [0.25, 0.3) is 0 Å². The number of hydrogen-bond acceptors (Lipinski definition) is 3. The van der Waals surface area contributed by atoms with Crippen LogP contribution in [0.15, 0.2) is 30.3 Å². The first-order valence-corrected chi connectivity index (χ1v) is 6.76. The van der Waals surface area contributed by atoms with Crippen LogP contribution >= 0.6 is 0 Å². The van der Waals surface area contributed by atoms with Crippen molar-refractivity contribution in [1.29, 1.82) is 0 Å². The van der Waals surface area contributed by atoms with E-state index in [-0.39, 0.29) is 18.2 Å². The third kappa shape index (κ3) is 2.46. The number of nitrogens with one attached hydrogen (secondary N) is 1. The number of urea groups is 2. The second-order valence-electron chi connectivity index (χ2n) is 4.88. The Balaban J connectivity index is 1.69. The zero-order chi connectivity index (χ0) is 13.9. The lowest BCUT2D eigenvalue weighted by Gasteiger charge is -2.34. The zero-order valence-corrected chi connectivity index (χ0v) is 11.1. The molecule has 106 valence electrons. The molecule has 0 spiro atoms. The van der Waals surface area contributed by atoms with Crippen LogP contribution in [0.2, 0.25) is 0 Å². The number of nitrogens with zero attached hydrogens (tertiary/aromatic N) is 2. The van der Waals surface area contributed by atoms with E-state index >= 15 is 0 Å². The van der Waals surface area contributed by atoms with Crippen LogP contribution in [0.25, 0.3) is 0 Å². The Bertz CT molecular complexity index is 506. The summed E-state index contributed by atoms with van der Waals surface area (Å²) in [5.74, 6) is 0.